The van der Waals surface area contributed by atoms with Gasteiger partial charge in [0.15, 0.2) is 5.11 Å². The second kappa shape index (κ2) is 8.64. The molecule has 12 heteroatoms. The Labute approximate surface area is 162 Å². The third-order valence-electron chi connectivity index (χ3n) is 3.39. The Kier molecular flexibility index (Phi) is 6.29. The summed E-state index contributed by atoms with van der Waals surface area (Å²) in [7, 11) is 1.20. The predicted octanol–water partition coefficient (Wildman–Crippen LogP) is 2.42. The Morgan fingerprint density at radius 2 is 1.61 bits per heavy atom. The smallest absolute Gasteiger partial charge is 0.339 e. The molecule has 2 aromatic rings. The number of anilines is 1. The van der Waals surface area contributed by atoms with E-state index in [0.717, 1.165) is 18.2 Å². The minimum Gasteiger partial charge on any atom is -0.465 e. The van der Waals surface area contributed by atoms with Crippen molar-refractivity contribution in [2.24, 2.45) is 0 Å². The highest BCUT2D eigenvalue weighted by atomic mass is 32.1. The quantitative estimate of drug-likeness (QED) is 0.331. The lowest BCUT2D eigenvalue weighted by atomic mass is 10.1. The van der Waals surface area contributed by atoms with Crippen molar-refractivity contribution in [1.82, 2.24) is 5.32 Å². The zero-order chi connectivity index (χ0) is 20.8. The lowest BCUT2D eigenvalue weighted by Gasteiger charge is -2.12. The molecular formula is C16H12N4O7S. The van der Waals surface area contributed by atoms with Gasteiger partial charge in [-0.2, -0.15) is 0 Å². The van der Waals surface area contributed by atoms with Crippen molar-refractivity contribution in [3.8, 4) is 0 Å². The van der Waals surface area contributed by atoms with Crippen LogP contribution < -0.4 is 10.6 Å². The van der Waals surface area contributed by atoms with Gasteiger partial charge in [0.1, 0.15) is 0 Å². The Morgan fingerprint density at radius 3 is 2.14 bits per heavy atom. The van der Waals surface area contributed by atoms with Gasteiger partial charge >= 0.3 is 5.97 Å². The molecular weight excluding hydrogens is 392 g/mol. The van der Waals surface area contributed by atoms with Crippen LogP contribution in [0.3, 0.4) is 0 Å². The number of non-ortho nitro benzene ring substituents is 2. The van der Waals surface area contributed by atoms with E-state index >= 15 is 0 Å². The van der Waals surface area contributed by atoms with Gasteiger partial charge in [-0.3, -0.25) is 30.3 Å². The molecule has 2 aromatic carbocycles. The van der Waals surface area contributed by atoms with Crippen LogP contribution >= 0.6 is 12.2 Å². The highest BCUT2D eigenvalue weighted by molar-refractivity contribution is 7.80. The first-order chi connectivity index (χ1) is 13.2. The predicted molar refractivity (Wildman–Crippen MR) is 101 cm³/mol. The van der Waals surface area contributed by atoms with Crippen LogP contribution in [-0.2, 0) is 4.74 Å². The van der Waals surface area contributed by atoms with E-state index in [9.17, 15) is 29.8 Å². The Hall–Kier alpha value is -3.93. The van der Waals surface area contributed by atoms with Crippen molar-refractivity contribution in [2.45, 2.75) is 0 Å². The molecule has 1 amide bonds. The zero-order valence-corrected chi connectivity index (χ0v) is 15.0. The van der Waals surface area contributed by atoms with E-state index in [4.69, 9.17) is 12.2 Å². The molecule has 0 unspecified atom stereocenters. The number of carbonyl (C=O) groups excluding carboxylic acids is 2. The second-order valence-corrected chi connectivity index (χ2v) is 5.61. The first-order valence-corrected chi connectivity index (χ1v) is 7.87. The van der Waals surface area contributed by atoms with E-state index in [-0.39, 0.29) is 21.9 Å². The van der Waals surface area contributed by atoms with Gasteiger partial charge in [-0.1, -0.05) is 12.1 Å². The number of nitro benzene ring substituents is 2. The number of carbonyl (C=O) groups is 2. The molecule has 0 aliphatic rings. The molecule has 0 aliphatic carbocycles. The van der Waals surface area contributed by atoms with Crippen LogP contribution in [0.5, 0.6) is 0 Å². The van der Waals surface area contributed by atoms with Gasteiger partial charge in [0, 0.05) is 12.1 Å². The molecule has 0 fully saturated rings. The summed E-state index contributed by atoms with van der Waals surface area (Å²) in [5, 5.41) is 26.5. The number of hydrogen-bond acceptors (Lipinski definition) is 8. The Bertz CT molecular complexity index is 960. The van der Waals surface area contributed by atoms with Crippen LogP contribution in [-0.4, -0.2) is 33.9 Å². The van der Waals surface area contributed by atoms with Crippen LogP contribution in [0, 0.1) is 20.2 Å². The van der Waals surface area contributed by atoms with Gasteiger partial charge < -0.3 is 10.1 Å². The molecule has 2 N–H and O–H groups in total. The van der Waals surface area contributed by atoms with Crippen LogP contribution in [0.1, 0.15) is 20.7 Å². The van der Waals surface area contributed by atoms with Crippen LogP contribution in [0.2, 0.25) is 0 Å². The number of para-hydroxylation sites is 1. The molecule has 0 spiro atoms. The maximum Gasteiger partial charge on any atom is 0.339 e. The molecule has 11 nitrogen and oxygen atoms in total. The summed E-state index contributed by atoms with van der Waals surface area (Å²) < 4.78 is 4.64. The zero-order valence-electron chi connectivity index (χ0n) is 14.2. The highest BCUT2D eigenvalue weighted by Crippen LogP contribution is 2.23. The van der Waals surface area contributed by atoms with Crippen LogP contribution in [0.4, 0.5) is 17.1 Å². The second-order valence-electron chi connectivity index (χ2n) is 5.20. The molecule has 28 heavy (non-hydrogen) atoms. The topological polar surface area (TPSA) is 154 Å². The number of rotatable bonds is 5. The van der Waals surface area contributed by atoms with E-state index in [1.165, 1.54) is 19.2 Å². The Balaban J connectivity index is 2.22. The van der Waals surface area contributed by atoms with E-state index in [2.05, 4.69) is 15.4 Å². The van der Waals surface area contributed by atoms with Crippen molar-refractivity contribution in [3.05, 3.63) is 73.8 Å². The molecule has 144 valence electrons. The summed E-state index contributed by atoms with van der Waals surface area (Å²) in [5.41, 5.74) is -1.15. The van der Waals surface area contributed by atoms with E-state index < -0.39 is 33.1 Å². The van der Waals surface area contributed by atoms with E-state index in [1.807, 2.05) is 0 Å². The molecule has 0 aliphatic heterocycles. The summed E-state index contributed by atoms with van der Waals surface area (Å²) in [5.74, 6) is -1.54. The third-order valence-corrected chi connectivity index (χ3v) is 3.60. The first kappa shape index (κ1) is 20.4. The lowest BCUT2D eigenvalue weighted by Crippen LogP contribution is -2.34. The number of benzene rings is 2. The number of esters is 1. The van der Waals surface area contributed by atoms with Crippen molar-refractivity contribution in [3.63, 3.8) is 0 Å². The number of amides is 1. The first-order valence-electron chi connectivity index (χ1n) is 7.46. The molecule has 2 rings (SSSR count). The van der Waals surface area contributed by atoms with Crippen molar-refractivity contribution >= 4 is 46.3 Å². The van der Waals surface area contributed by atoms with Crippen molar-refractivity contribution < 1.29 is 24.2 Å². The van der Waals surface area contributed by atoms with Gasteiger partial charge in [0.25, 0.3) is 17.3 Å². The van der Waals surface area contributed by atoms with Crippen LogP contribution in [0.25, 0.3) is 0 Å². The molecule has 0 radical (unpaired) electrons. The summed E-state index contributed by atoms with van der Waals surface area (Å²) in [6, 6.07) is 8.70. The average Bonchev–Trinajstić information content (AvgIpc) is 2.67. The fraction of sp³-hybridized carbons (Fsp3) is 0.0625. The third kappa shape index (κ3) is 4.82. The number of nitrogens with zero attached hydrogens (tertiary/aromatic N) is 2. The molecule has 0 atom stereocenters. The van der Waals surface area contributed by atoms with Gasteiger partial charge in [0.05, 0.1) is 39.8 Å². The molecule has 0 bridgehead atoms. The monoisotopic (exact) mass is 404 g/mol. The minimum absolute atomic E-state index is 0.160. The van der Waals surface area contributed by atoms with Crippen molar-refractivity contribution in [2.75, 3.05) is 12.4 Å². The fourth-order valence-electron chi connectivity index (χ4n) is 2.15. The minimum atomic E-state index is -0.903. The van der Waals surface area contributed by atoms with Crippen molar-refractivity contribution in [1.29, 1.82) is 0 Å². The highest BCUT2D eigenvalue weighted by Gasteiger charge is 2.21. The summed E-state index contributed by atoms with van der Waals surface area (Å²) >= 11 is 5.00. The summed E-state index contributed by atoms with van der Waals surface area (Å²) in [4.78, 5) is 44.2. The largest absolute Gasteiger partial charge is 0.465 e. The van der Waals surface area contributed by atoms with Crippen LogP contribution in [0.15, 0.2) is 42.5 Å². The number of hydrogen-bond donors (Lipinski definition) is 2. The number of nitrogens with one attached hydrogen (secondary N) is 2. The van der Waals surface area contributed by atoms with Gasteiger partial charge in [-0.05, 0) is 24.4 Å². The fourth-order valence-corrected chi connectivity index (χ4v) is 2.35. The number of nitro groups is 2. The number of thiocarbonyl (C=S) groups is 1. The van der Waals surface area contributed by atoms with Gasteiger partial charge in [0.2, 0.25) is 0 Å². The molecule has 0 saturated carbocycles. The summed E-state index contributed by atoms with van der Waals surface area (Å²) in [6.45, 7) is 0. The SMILES string of the molecule is COC(=O)c1ccccc1NC(=S)NC(=O)c1cc([N+](=O)[O-])cc([N+](=O)[O-])c1. The number of ether oxygens (including phenoxy) is 1. The standard InChI is InChI=1S/C16H12N4O7S/c1-27-15(22)12-4-2-3-5-13(12)17-16(28)18-14(21)9-6-10(19(23)24)8-11(7-9)20(25)26/h2-8H,1H3,(H2,17,18,21,28). The average molecular weight is 404 g/mol. The molecule has 0 heterocycles. The summed E-state index contributed by atoms with van der Waals surface area (Å²) in [6.07, 6.45) is 0. The Morgan fingerprint density at radius 1 is 1.04 bits per heavy atom. The van der Waals surface area contributed by atoms with Gasteiger partial charge in [-0.15, -0.1) is 0 Å². The normalized spacial score (nSPS) is 9.89. The maximum absolute atomic E-state index is 12.3. The van der Waals surface area contributed by atoms with E-state index in [1.54, 1.807) is 12.1 Å². The molecule has 0 saturated heterocycles. The van der Waals surface area contributed by atoms with E-state index in [0.29, 0.717) is 0 Å². The molecule has 0 aromatic heterocycles. The number of methoxy groups -OCH3 is 1. The van der Waals surface area contributed by atoms with Gasteiger partial charge in [-0.25, -0.2) is 4.79 Å². The lowest BCUT2D eigenvalue weighted by molar-refractivity contribution is -0.394. The maximum atomic E-state index is 12.3.